The van der Waals surface area contributed by atoms with Gasteiger partial charge in [0, 0.05) is 18.8 Å². The predicted molar refractivity (Wildman–Crippen MR) is 159 cm³/mol. The van der Waals surface area contributed by atoms with E-state index in [9.17, 15) is 29.4 Å². The highest BCUT2D eigenvalue weighted by molar-refractivity contribution is 7.07. The standard InChI is InChI=1S/C30H31N3O7S/c1-2-3-4-7-15-32-23-11-6-5-10-21(23)17-31-22-16-20(13-14-24(22)32)9-8-12-25-27(35)33(18-40-19-34)28(41-25)26(29(36)37)30(38)39/h5-6,8-14,16,19,31H,2-4,7,15,17-18H2,1H3,(H,36,37)(H,38,39)/b9-8+,25-12+. The van der Waals surface area contributed by atoms with Gasteiger partial charge in [0.05, 0.1) is 15.9 Å². The number of rotatable bonds is 12. The highest BCUT2D eigenvalue weighted by Gasteiger charge is 2.22. The van der Waals surface area contributed by atoms with E-state index in [2.05, 4.69) is 46.1 Å². The van der Waals surface area contributed by atoms with E-state index < -0.39 is 29.8 Å². The number of aromatic nitrogens is 1. The van der Waals surface area contributed by atoms with Crippen LogP contribution < -0.4 is 25.0 Å². The van der Waals surface area contributed by atoms with Crippen LogP contribution in [0.1, 0.15) is 43.7 Å². The highest BCUT2D eigenvalue weighted by Crippen LogP contribution is 2.38. The first kappa shape index (κ1) is 29.3. The molecule has 0 unspecified atom stereocenters. The number of carboxylic acid groups (broad SMARTS) is 2. The van der Waals surface area contributed by atoms with Gasteiger partial charge >= 0.3 is 11.9 Å². The fourth-order valence-electron chi connectivity index (χ4n) is 4.68. The van der Waals surface area contributed by atoms with Gasteiger partial charge in [-0.25, -0.2) is 9.59 Å². The fourth-order valence-corrected chi connectivity index (χ4v) is 5.75. The van der Waals surface area contributed by atoms with Crippen molar-refractivity contribution in [1.82, 2.24) is 4.57 Å². The topological polar surface area (TPSA) is 138 Å². The molecule has 1 aromatic heterocycles. The molecule has 0 saturated heterocycles. The lowest BCUT2D eigenvalue weighted by atomic mass is 10.1. The molecule has 0 bridgehead atoms. The lowest BCUT2D eigenvalue weighted by molar-refractivity contribution is -0.136. The molecular formula is C30H31N3O7S. The Kier molecular flexibility index (Phi) is 9.75. The molecule has 0 amide bonds. The van der Waals surface area contributed by atoms with Crippen LogP contribution in [-0.2, 0) is 32.4 Å². The number of carboxylic acids is 2. The average Bonchev–Trinajstić information content (AvgIpc) is 3.15. The van der Waals surface area contributed by atoms with Gasteiger partial charge in [-0.05, 0) is 41.8 Å². The average molecular weight is 578 g/mol. The number of fused-ring (bicyclic) bond motifs is 2. The summed E-state index contributed by atoms with van der Waals surface area (Å²) >= 11 is 0.696. The van der Waals surface area contributed by atoms with Crippen LogP contribution in [0.25, 0.3) is 17.7 Å². The second-order valence-electron chi connectivity index (χ2n) is 9.38. The number of anilines is 3. The van der Waals surface area contributed by atoms with E-state index in [1.807, 2.05) is 18.2 Å². The summed E-state index contributed by atoms with van der Waals surface area (Å²) in [6.07, 6.45) is 9.54. The van der Waals surface area contributed by atoms with Crippen molar-refractivity contribution in [2.75, 3.05) is 16.8 Å². The third-order valence-corrected chi connectivity index (χ3v) is 7.80. The zero-order valence-electron chi connectivity index (χ0n) is 22.5. The molecule has 41 heavy (non-hydrogen) atoms. The fraction of sp³-hybridized carbons (Fsp3) is 0.267. The summed E-state index contributed by atoms with van der Waals surface area (Å²) in [6, 6.07) is 14.4. The van der Waals surface area contributed by atoms with Gasteiger partial charge in [0.25, 0.3) is 12.0 Å². The molecule has 0 saturated carbocycles. The number of hydrogen-bond acceptors (Lipinski definition) is 8. The molecule has 0 aliphatic carbocycles. The first-order valence-corrected chi connectivity index (χ1v) is 14.0. The Morgan fingerprint density at radius 2 is 1.85 bits per heavy atom. The zero-order chi connectivity index (χ0) is 29.4. The largest absolute Gasteiger partial charge is 0.477 e. The Labute approximate surface area is 240 Å². The quantitative estimate of drug-likeness (QED) is 0.168. The number of benzene rings is 2. The molecule has 2 heterocycles. The van der Waals surface area contributed by atoms with Crippen molar-refractivity contribution in [1.29, 1.82) is 0 Å². The molecule has 0 radical (unpaired) electrons. The molecule has 11 heteroatoms. The molecule has 0 spiro atoms. The van der Waals surface area contributed by atoms with Crippen LogP contribution >= 0.6 is 11.3 Å². The number of carbonyl (C=O) groups is 3. The van der Waals surface area contributed by atoms with Crippen LogP contribution in [0.2, 0.25) is 0 Å². The minimum Gasteiger partial charge on any atom is -0.477 e. The summed E-state index contributed by atoms with van der Waals surface area (Å²) in [5, 5.41) is 22.3. The van der Waals surface area contributed by atoms with Crippen molar-refractivity contribution >= 4 is 64.5 Å². The SMILES string of the molecule is CCCCCCN1c2ccccc2CNc2cc(/C=C/C=c3/sc(=C(C(=O)O)C(=O)O)n(COC=O)c3=O)ccc21. The number of carbonyl (C=O) groups excluding carboxylic acids is 1. The molecule has 0 atom stereocenters. The van der Waals surface area contributed by atoms with Crippen LogP contribution in [0.15, 0.2) is 53.3 Å². The van der Waals surface area contributed by atoms with Gasteiger partial charge in [-0.2, -0.15) is 0 Å². The summed E-state index contributed by atoms with van der Waals surface area (Å²) in [5.41, 5.74) is 3.68. The predicted octanol–water partition coefficient (Wildman–Crippen LogP) is 3.50. The lowest BCUT2D eigenvalue weighted by Gasteiger charge is -2.26. The van der Waals surface area contributed by atoms with Gasteiger partial charge in [0.2, 0.25) is 0 Å². The normalized spacial score (nSPS) is 12.8. The molecule has 4 rings (SSSR count). The van der Waals surface area contributed by atoms with Gasteiger partial charge in [-0.1, -0.05) is 62.6 Å². The van der Waals surface area contributed by atoms with Gasteiger partial charge in [-0.15, -0.1) is 11.3 Å². The number of nitrogens with one attached hydrogen (secondary N) is 1. The molecule has 3 N–H and O–H groups in total. The maximum absolute atomic E-state index is 12.9. The van der Waals surface area contributed by atoms with E-state index in [4.69, 9.17) is 0 Å². The smallest absolute Gasteiger partial charge is 0.346 e. The van der Waals surface area contributed by atoms with E-state index in [0.29, 0.717) is 17.9 Å². The van der Waals surface area contributed by atoms with Gasteiger partial charge < -0.3 is 25.2 Å². The van der Waals surface area contributed by atoms with E-state index in [1.165, 1.54) is 36.6 Å². The third-order valence-electron chi connectivity index (χ3n) is 6.66. The third kappa shape index (κ3) is 6.75. The zero-order valence-corrected chi connectivity index (χ0v) is 23.4. The number of hydrogen-bond donors (Lipinski definition) is 3. The van der Waals surface area contributed by atoms with Crippen LogP contribution in [0.4, 0.5) is 17.1 Å². The maximum Gasteiger partial charge on any atom is 0.346 e. The number of thiazole rings is 1. The van der Waals surface area contributed by atoms with Crippen LogP contribution in [0, 0.1) is 0 Å². The Morgan fingerprint density at radius 1 is 1.07 bits per heavy atom. The van der Waals surface area contributed by atoms with Crippen LogP contribution in [0.3, 0.4) is 0 Å². The summed E-state index contributed by atoms with van der Waals surface area (Å²) in [5.74, 6) is -3.42. The van der Waals surface area contributed by atoms with E-state index >= 15 is 0 Å². The molecule has 10 nitrogen and oxygen atoms in total. The monoisotopic (exact) mass is 577 g/mol. The molecule has 214 valence electrons. The number of para-hydroxylation sites is 1. The molecular weight excluding hydrogens is 546 g/mol. The van der Waals surface area contributed by atoms with Crippen molar-refractivity contribution in [3.8, 4) is 0 Å². The van der Waals surface area contributed by atoms with E-state index in [-0.39, 0.29) is 15.7 Å². The Balaban J connectivity index is 1.68. The summed E-state index contributed by atoms with van der Waals surface area (Å²) < 4.78 is 5.19. The Bertz CT molecular complexity index is 1640. The summed E-state index contributed by atoms with van der Waals surface area (Å²) in [6.45, 7) is 3.27. The Hall–Kier alpha value is -4.64. The minimum absolute atomic E-state index is 0.0901. The number of aliphatic carboxylic acids is 2. The number of unbranched alkanes of at least 4 members (excludes halogenated alkanes) is 3. The van der Waals surface area contributed by atoms with Gasteiger partial charge in [0.1, 0.15) is 4.66 Å². The van der Waals surface area contributed by atoms with Crippen molar-refractivity contribution in [2.45, 2.75) is 45.9 Å². The molecule has 1 aliphatic heterocycles. The first-order chi connectivity index (χ1) is 19.8. The summed E-state index contributed by atoms with van der Waals surface area (Å²) in [7, 11) is 0. The first-order valence-electron chi connectivity index (χ1n) is 13.2. The number of allylic oxidation sites excluding steroid dienone is 1. The van der Waals surface area contributed by atoms with E-state index in [1.54, 1.807) is 12.2 Å². The second-order valence-corrected chi connectivity index (χ2v) is 10.4. The van der Waals surface area contributed by atoms with Crippen LogP contribution in [-0.4, -0.2) is 39.7 Å². The maximum atomic E-state index is 12.9. The minimum atomic E-state index is -1.71. The molecule has 0 fully saturated rings. The van der Waals surface area contributed by atoms with Crippen molar-refractivity contribution < 1.29 is 29.3 Å². The van der Waals surface area contributed by atoms with Gasteiger partial charge in [-0.3, -0.25) is 14.2 Å². The molecule has 1 aliphatic rings. The molecule has 2 aromatic carbocycles. The van der Waals surface area contributed by atoms with Crippen LogP contribution in [0.5, 0.6) is 0 Å². The number of ether oxygens (including phenoxy) is 1. The van der Waals surface area contributed by atoms with Crippen molar-refractivity contribution in [3.05, 3.63) is 79.2 Å². The van der Waals surface area contributed by atoms with Crippen molar-refractivity contribution in [2.24, 2.45) is 0 Å². The number of nitrogens with zero attached hydrogens (tertiary/aromatic N) is 2. The Morgan fingerprint density at radius 3 is 2.59 bits per heavy atom. The highest BCUT2D eigenvalue weighted by atomic mass is 32.1. The summed E-state index contributed by atoms with van der Waals surface area (Å²) in [4.78, 5) is 49.0. The van der Waals surface area contributed by atoms with Gasteiger partial charge in [0.15, 0.2) is 12.3 Å². The molecule has 3 aromatic rings. The second kappa shape index (κ2) is 13.6. The lowest BCUT2D eigenvalue weighted by Crippen LogP contribution is -2.34. The van der Waals surface area contributed by atoms with E-state index in [0.717, 1.165) is 34.5 Å². The van der Waals surface area contributed by atoms with Crippen molar-refractivity contribution in [3.63, 3.8) is 0 Å².